The summed E-state index contributed by atoms with van der Waals surface area (Å²) in [5.41, 5.74) is 1.17. The van der Waals surface area contributed by atoms with Gasteiger partial charge in [-0.25, -0.2) is 0 Å². The number of likely N-dealkylation sites (tertiary alicyclic amines) is 1. The molecule has 0 spiro atoms. The fraction of sp³-hybridized carbons (Fsp3) is 0.600. The van der Waals surface area contributed by atoms with Gasteiger partial charge in [-0.15, -0.1) is 0 Å². The molecule has 1 aromatic rings. The molecule has 1 aliphatic rings. The van der Waals surface area contributed by atoms with Gasteiger partial charge in [0.1, 0.15) is 6.04 Å². The quantitative estimate of drug-likeness (QED) is 0.884. The van der Waals surface area contributed by atoms with Crippen LogP contribution in [0.4, 0.5) is 0 Å². The van der Waals surface area contributed by atoms with E-state index in [-0.39, 0.29) is 6.04 Å². The van der Waals surface area contributed by atoms with Crippen molar-refractivity contribution in [1.82, 2.24) is 9.88 Å². The Morgan fingerprint density at radius 1 is 1.58 bits per heavy atom. The van der Waals surface area contributed by atoms with Crippen LogP contribution in [-0.4, -0.2) is 40.1 Å². The van der Waals surface area contributed by atoms with Crippen LogP contribution in [0.15, 0.2) is 24.5 Å². The van der Waals surface area contributed by atoms with E-state index in [4.69, 9.17) is 0 Å². The average Bonchev–Trinajstić information content (AvgIpc) is 2.46. The van der Waals surface area contributed by atoms with E-state index >= 15 is 0 Å². The number of aromatic nitrogens is 1. The van der Waals surface area contributed by atoms with E-state index in [0.29, 0.717) is 5.92 Å². The number of hydrogen-bond donors (Lipinski definition) is 1. The van der Waals surface area contributed by atoms with Crippen molar-refractivity contribution in [2.24, 2.45) is 5.92 Å². The minimum absolute atomic E-state index is 0.310. The van der Waals surface area contributed by atoms with Crippen molar-refractivity contribution in [1.29, 1.82) is 0 Å². The third-order valence-electron chi connectivity index (χ3n) is 4.09. The molecular weight excluding hydrogens is 240 g/mol. The van der Waals surface area contributed by atoms with Crippen molar-refractivity contribution < 1.29 is 9.90 Å². The molecule has 2 rings (SSSR count). The Morgan fingerprint density at radius 3 is 3.05 bits per heavy atom. The van der Waals surface area contributed by atoms with Crippen LogP contribution in [0.1, 0.15) is 31.7 Å². The molecule has 1 aromatic heterocycles. The van der Waals surface area contributed by atoms with E-state index < -0.39 is 5.97 Å². The van der Waals surface area contributed by atoms with Crippen LogP contribution in [-0.2, 0) is 11.2 Å². The molecule has 0 amide bonds. The van der Waals surface area contributed by atoms with E-state index in [1.54, 1.807) is 6.20 Å². The van der Waals surface area contributed by atoms with Crippen LogP contribution < -0.4 is 0 Å². The molecule has 1 saturated heterocycles. The number of carboxylic acid groups (broad SMARTS) is 1. The lowest BCUT2D eigenvalue weighted by atomic mass is 9.88. The Morgan fingerprint density at radius 2 is 2.42 bits per heavy atom. The molecule has 0 radical (unpaired) electrons. The summed E-state index contributed by atoms with van der Waals surface area (Å²) in [4.78, 5) is 17.6. The number of piperidine rings is 1. The molecule has 1 N–H and O–H groups in total. The Hall–Kier alpha value is -1.42. The van der Waals surface area contributed by atoms with Crippen molar-refractivity contribution in [3.05, 3.63) is 30.1 Å². The maximum Gasteiger partial charge on any atom is 0.320 e. The van der Waals surface area contributed by atoms with Gasteiger partial charge in [-0.1, -0.05) is 19.4 Å². The lowest BCUT2D eigenvalue weighted by Crippen LogP contribution is -2.47. The van der Waals surface area contributed by atoms with Crippen LogP contribution in [0.2, 0.25) is 0 Å². The molecule has 2 unspecified atom stereocenters. The second-order valence-electron chi connectivity index (χ2n) is 5.30. The van der Waals surface area contributed by atoms with Gasteiger partial charge in [-0.05, 0) is 43.4 Å². The third-order valence-corrected chi connectivity index (χ3v) is 4.09. The fourth-order valence-corrected chi connectivity index (χ4v) is 2.80. The summed E-state index contributed by atoms with van der Waals surface area (Å²) in [7, 11) is 0. The SMILES string of the molecule is CCC1CCN(CCc2cccnc2)C(C(=O)O)C1. The Kier molecular flexibility index (Phi) is 4.91. The van der Waals surface area contributed by atoms with E-state index in [2.05, 4.69) is 16.8 Å². The molecular formula is C15H22N2O2. The van der Waals surface area contributed by atoms with Crippen molar-refractivity contribution in [2.45, 2.75) is 38.6 Å². The van der Waals surface area contributed by atoms with Gasteiger partial charge in [-0.3, -0.25) is 14.7 Å². The Labute approximate surface area is 114 Å². The van der Waals surface area contributed by atoms with Crippen LogP contribution in [0.5, 0.6) is 0 Å². The van der Waals surface area contributed by atoms with E-state index in [1.165, 1.54) is 5.56 Å². The summed E-state index contributed by atoms with van der Waals surface area (Å²) < 4.78 is 0. The average molecular weight is 262 g/mol. The summed E-state index contributed by atoms with van der Waals surface area (Å²) in [6.07, 6.45) is 7.48. The number of carboxylic acids is 1. The van der Waals surface area contributed by atoms with Gasteiger partial charge in [0, 0.05) is 18.9 Å². The number of aliphatic carboxylic acids is 1. The zero-order valence-electron chi connectivity index (χ0n) is 11.5. The summed E-state index contributed by atoms with van der Waals surface area (Å²) in [5.74, 6) is -0.111. The zero-order valence-corrected chi connectivity index (χ0v) is 11.5. The predicted molar refractivity (Wildman–Crippen MR) is 74.0 cm³/mol. The van der Waals surface area contributed by atoms with Crippen LogP contribution in [0, 0.1) is 5.92 Å². The smallest absolute Gasteiger partial charge is 0.320 e. The second kappa shape index (κ2) is 6.66. The molecule has 104 valence electrons. The minimum atomic E-state index is -0.677. The highest BCUT2D eigenvalue weighted by Crippen LogP contribution is 2.25. The van der Waals surface area contributed by atoms with Gasteiger partial charge in [0.05, 0.1) is 0 Å². The van der Waals surface area contributed by atoms with E-state index in [1.807, 2.05) is 18.3 Å². The fourth-order valence-electron chi connectivity index (χ4n) is 2.80. The predicted octanol–water partition coefficient (Wildman–Crippen LogP) is 2.20. The second-order valence-corrected chi connectivity index (χ2v) is 5.30. The summed E-state index contributed by atoms with van der Waals surface area (Å²) in [5, 5.41) is 9.37. The molecule has 0 bridgehead atoms. The number of nitrogens with zero attached hydrogens (tertiary/aromatic N) is 2. The molecule has 2 atom stereocenters. The van der Waals surface area contributed by atoms with E-state index in [0.717, 1.165) is 38.8 Å². The highest BCUT2D eigenvalue weighted by Gasteiger charge is 2.32. The maximum atomic E-state index is 11.4. The number of rotatable bonds is 5. The van der Waals surface area contributed by atoms with Gasteiger partial charge in [0.2, 0.25) is 0 Å². The Bertz CT molecular complexity index is 408. The standard InChI is InChI=1S/C15H22N2O2/c1-2-12-5-8-17(14(10-12)15(18)19)9-6-13-4-3-7-16-11-13/h3-4,7,11-12,14H,2,5-6,8-10H2,1H3,(H,18,19). The highest BCUT2D eigenvalue weighted by molar-refractivity contribution is 5.73. The van der Waals surface area contributed by atoms with Crippen molar-refractivity contribution in [3.8, 4) is 0 Å². The first-order chi connectivity index (χ1) is 9.20. The summed E-state index contributed by atoms with van der Waals surface area (Å²) in [6, 6.07) is 3.66. The first-order valence-electron chi connectivity index (χ1n) is 7.06. The van der Waals surface area contributed by atoms with Crippen LogP contribution in [0.3, 0.4) is 0 Å². The molecule has 1 fully saturated rings. The van der Waals surface area contributed by atoms with Crippen LogP contribution >= 0.6 is 0 Å². The lowest BCUT2D eigenvalue weighted by Gasteiger charge is -2.36. The molecule has 4 heteroatoms. The number of pyridine rings is 1. The van der Waals surface area contributed by atoms with E-state index in [9.17, 15) is 9.90 Å². The minimum Gasteiger partial charge on any atom is -0.480 e. The molecule has 4 nitrogen and oxygen atoms in total. The largest absolute Gasteiger partial charge is 0.480 e. The van der Waals surface area contributed by atoms with Crippen molar-refractivity contribution >= 4 is 5.97 Å². The number of hydrogen-bond acceptors (Lipinski definition) is 3. The first-order valence-corrected chi connectivity index (χ1v) is 7.06. The van der Waals surface area contributed by atoms with Gasteiger partial charge in [0.25, 0.3) is 0 Å². The third kappa shape index (κ3) is 3.77. The molecule has 0 aliphatic carbocycles. The molecule has 19 heavy (non-hydrogen) atoms. The lowest BCUT2D eigenvalue weighted by molar-refractivity contribution is -0.145. The van der Waals surface area contributed by atoms with Crippen molar-refractivity contribution in [2.75, 3.05) is 13.1 Å². The zero-order chi connectivity index (χ0) is 13.7. The van der Waals surface area contributed by atoms with Gasteiger partial charge in [-0.2, -0.15) is 0 Å². The molecule has 1 aliphatic heterocycles. The van der Waals surface area contributed by atoms with Crippen LogP contribution in [0.25, 0.3) is 0 Å². The number of carbonyl (C=O) groups is 1. The molecule has 2 heterocycles. The molecule has 0 aromatic carbocycles. The first kappa shape index (κ1) is 14.0. The normalized spacial score (nSPS) is 24.3. The van der Waals surface area contributed by atoms with Gasteiger partial charge >= 0.3 is 5.97 Å². The summed E-state index contributed by atoms with van der Waals surface area (Å²) >= 11 is 0. The highest BCUT2D eigenvalue weighted by atomic mass is 16.4. The van der Waals surface area contributed by atoms with Gasteiger partial charge < -0.3 is 5.11 Å². The van der Waals surface area contributed by atoms with Crippen molar-refractivity contribution in [3.63, 3.8) is 0 Å². The Balaban J connectivity index is 1.93. The maximum absolute atomic E-state index is 11.4. The monoisotopic (exact) mass is 262 g/mol. The topological polar surface area (TPSA) is 53.4 Å². The summed E-state index contributed by atoms with van der Waals surface area (Å²) in [6.45, 7) is 3.85. The van der Waals surface area contributed by atoms with Gasteiger partial charge in [0.15, 0.2) is 0 Å². The molecule has 0 saturated carbocycles.